The number of nitrogens with zero attached hydrogens (tertiary/aromatic N) is 1. The number of thiophene rings is 1. The first-order chi connectivity index (χ1) is 11.4. The molecule has 24 heavy (non-hydrogen) atoms. The zero-order chi connectivity index (χ0) is 18.3. The van der Waals surface area contributed by atoms with Crippen LogP contribution in [0, 0.1) is 0 Å². The highest BCUT2D eigenvalue weighted by molar-refractivity contribution is 8.22. The Balaban J connectivity index is 3.15. The summed E-state index contributed by atoms with van der Waals surface area (Å²) in [7, 11) is 1.54. The van der Waals surface area contributed by atoms with Gasteiger partial charge < -0.3 is 20.7 Å². The van der Waals surface area contributed by atoms with E-state index in [1.165, 1.54) is 11.8 Å². The molecule has 0 aliphatic carbocycles. The molecule has 0 fully saturated rings. The number of esters is 1. The first kappa shape index (κ1) is 20.7. The zero-order valence-electron chi connectivity index (χ0n) is 14.3. The minimum atomic E-state index is -0.509. The molecule has 1 amide bonds. The minimum absolute atomic E-state index is 0.244. The number of nitrogens with one attached hydrogen (secondary N) is 1. The summed E-state index contributed by atoms with van der Waals surface area (Å²) < 4.78 is 5.80. The van der Waals surface area contributed by atoms with Crippen LogP contribution in [0.2, 0.25) is 0 Å². The third kappa shape index (κ3) is 4.84. The van der Waals surface area contributed by atoms with Crippen LogP contribution in [0.4, 0.5) is 5.00 Å². The van der Waals surface area contributed by atoms with Gasteiger partial charge in [-0.25, -0.2) is 4.79 Å². The van der Waals surface area contributed by atoms with E-state index in [0.29, 0.717) is 16.2 Å². The largest absolute Gasteiger partial charge is 0.462 e. The monoisotopic (exact) mass is 389 g/mol. The number of carbonyl (C=O) groups is 2. The number of rotatable bonds is 7. The van der Waals surface area contributed by atoms with Crippen LogP contribution in [0.1, 0.15) is 46.4 Å². The Morgan fingerprint density at radius 3 is 2.46 bits per heavy atom. The SMILES string of the molecule is CCOC(=O)c1c(N)sc(C(=O)NC)c1CSC(=S)N(CC)CC. The third-order valence-electron chi connectivity index (χ3n) is 3.31. The van der Waals surface area contributed by atoms with Crippen molar-refractivity contribution in [1.29, 1.82) is 0 Å². The average Bonchev–Trinajstić information content (AvgIpc) is 2.90. The maximum absolute atomic E-state index is 12.2. The quantitative estimate of drug-likeness (QED) is 0.548. The van der Waals surface area contributed by atoms with Crippen LogP contribution in [0.3, 0.4) is 0 Å². The number of amides is 1. The lowest BCUT2D eigenvalue weighted by Crippen LogP contribution is -2.27. The van der Waals surface area contributed by atoms with Crippen molar-refractivity contribution in [2.45, 2.75) is 26.5 Å². The molecule has 0 unspecified atom stereocenters. The fourth-order valence-corrected chi connectivity index (χ4v) is 4.60. The van der Waals surface area contributed by atoms with Gasteiger partial charge in [-0.2, -0.15) is 0 Å². The van der Waals surface area contributed by atoms with Gasteiger partial charge in [0.15, 0.2) is 0 Å². The number of thioether (sulfide) groups is 1. The van der Waals surface area contributed by atoms with Crippen molar-refractivity contribution in [3.05, 3.63) is 16.0 Å². The van der Waals surface area contributed by atoms with E-state index in [9.17, 15) is 9.59 Å². The van der Waals surface area contributed by atoms with Crippen LogP contribution >= 0.6 is 35.3 Å². The van der Waals surface area contributed by atoms with Gasteiger partial charge in [0.1, 0.15) is 9.32 Å². The molecular weight excluding hydrogens is 366 g/mol. The molecule has 0 radical (unpaired) electrons. The molecule has 1 rings (SSSR count). The first-order valence-electron chi connectivity index (χ1n) is 7.63. The number of nitrogens with two attached hydrogens (primary N) is 1. The highest BCUT2D eigenvalue weighted by atomic mass is 32.2. The Kier molecular flexibility index (Phi) is 8.51. The summed E-state index contributed by atoms with van der Waals surface area (Å²) >= 11 is 7.93. The van der Waals surface area contributed by atoms with Crippen LogP contribution in [0.5, 0.6) is 0 Å². The standard InChI is InChI=1S/C15H23N3O3S3/c1-5-18(6-2)15(22)23-8-9-10(14(20)21-7-3)12(16)24-11(9)13(19)17-4/h5-8,16H2,1-4H3,(H,17,19). The number of nitrogen functional groups attached to an aromatic ring is 1. The van der Waals surface area contributed by atoms with Crippen molar-refractivity contribution < 1.29 is 14.3 Å². The molecule has 0 saturated heterocycles. The van der Waals surface area contributed by atoms with Crippen LogP contribution < -0.4 is 11.1 Å². The van der Waals surface area contributed by atoms with Gasteiger partial charge in [-0.15, -0.1) is 11.3 Å². The first-order valence-corrected chi connectivity index (χ1v) is 9.84. The van der Waals surface area contributed by atoms with Crippen molar-refractivity contribution in [2.75, 3.05) is 32.5 Å². The van der Waals surface area contributed by atoms with Crippen LogP contribution in [0.25, 0.3) is 0 Å². The van der Waals surface area contributed by atoms with Gasteiger partial charge in [0.05, 0.1) is 17.0 Å². The molecule has 0 saturated carbocycles. The maximum Gasteiger partial charge on any atom is 0.341 e. The van der Waals surface area contributed by atoms with Gasteiger partial charge in [0, 0.05) is 31.5 Å². The molecule has 0 aliphatic rings. The molecule has 1 aromatic rings. The summed E-state index contributed by atoms with van der Waals surface area (Å²) in [6, 6.07) is 0. The van der Waals surface area contributed by atoms with E-state index in [-0.39, 0.29) is 23.1 Å². The molecule has 0 aliphatic heterocycles. The smallest absolute Gasteiger partial charge is 0.341 e. The van der Waals surface area contributed by atoms with Crippen molar-refractivity contribution >= 4 is 56.5 Å². The number of ether oxygens (including phenoxy) is 1. The van der Waals surface area contributed by atoms with Gasteiger partial charge in [-0.3, -0.25) is 4.79 Å². The summed E-state index contributed by atoms with van der Waals surface area (Å²) in [6.07, 6.45) is 0. The zero-order valence-corrected chi connectivity index (χ0v) is 16.8. The number of anilines is 1. The molecule has 1 heterocycles. The summed E-state index contributed by atoms with van der Waals surface area (Å²) in [4.78, 5) is 26.8. The van der Waals surface area contributed by atoms with E-state index in [1.807, 2.05) is 18.7 Å². The summed E-state index contributed by atoms with van der Waals surface area (Å²) in [5, 5.41) is 2.87. The lowest BCUT2D eigenvalue weighted by atomic mass is 10.1. The van der Waals surface area contributed by atoms with Gasteiger partial charge in [0.2, 0.25) is 0 Å². The topological polar surface area (TPSA) is 84.7 Å². The second kappa shape index (κ2) is 9.85. The summed E-state index contributed by atoms with van der Waals surface area (Å²) in [6.45, 7) is 7.64. The summed E-state index contributed by atoms with van der Waals surface area (Å²) in [5.74, 6) is -0.391. The number of hydrogen-bond acceptors (Lipinski definition) is 7. The third-order valence-corrected chi connectivity index (χ3v) is 5.92. The molecule has 0 bridgehead atoms. The fourth-order valence-electron chi connectivity index (χ4n) is 2.05. The second-order valence-electron chi connectivity index (χ2n) is 4.68. The van der Waals surface area contributed by atoms with Crippen LogP contribution in [-0.2, 0) is 10.5 Å². The van der Waals surface area contributed by atoms with Gasteiger partial charge >= 0.3 is 5.97 Å². The highest BCUT2D eigenvalue weighted by Crippen LogP contribution is 2.35. The number of carbonyl (C=O) groups excluding carboxylic acids is 2. The van der Waals surface area contributed by atoms with Gasteiger partial charge in [-0.1, -0.05) is 24.0 Å². The van der Waals surface area contributed by atoms with Gasteiger partial charge in [0.25, 0.3) is 5.91 Å². The predicted molar refractivity (Wildman–Crippen MR) is 105 cm³/mol. The second-order valence-corrected chi connectivity index (χ2v) is 7.34. The highest BCUT2D eigenvalue weighted by Gasteiger charge is 2.27. The van der Waals surface area contributed by atoms with E-state index in [1.54, 1.807) is 14.0 Å². The average molecular weight is 390 g/mol. The Labute approximate surface area is 156 Å². The molecule has 3 N–H and O–H groups in total. The predicted octanol–water partition coefficient (Wildman–Crippen LogP) is 2.73. The minimum Gasteiger partial charge on any atom is -0.462 e. The number of thiocarbonyl (C=S) groups is 1. The molecule has 6 nitrogen and oxygen atoms in total. The number of hydrogen-bond donors (Lipinski definition) is 2. The fraction of sp³-hybridized carbons (Fsp3) is 0.533. The van der Waals surface area contributed by atoms with Crippen LogP contribution in [0.15, 0.2) is 0 Å². The Morgan fingerprint density at radius 2 is 1.96 bits per heavy atom. The summed E-state index contributed by atoms with van der Waals surface area (Å²) in [5.41, 5.74) is 6.82. The molecule has 0 spiro atoms. The molecule has 0 atom stereocenters. The van der Waals surface area contributed by atoms with E-state index in [0.717, 1.165) is 28.7 Å². The molecular formula is C15H23N3O3S3. The van der Waals surface area contributed by atoms with E-state index < -0.39 is 5.97 Å². The normalized spacial score (nSPS) is 10.3. The molecule has 1 aromatic heterocycles. The van der Waals surface area contributed by atoms with Gasteiger partial charge in [-0.05, 0) is 20.8 Å². The van der Waals surface area contributed by atoms with Crippen LogP contribution in [-0.4, -0.2) is 47.8 Å². The van der Waals surface area contributed by atoms with E-state index >= 15 is 0 Å². The molecule has 134 valence electrons. The molecule has 9 heteroatoms. The van der Waals surface area contributed by atoms with Crippen molar-refractivity contribution in [3.63, 3.8) is 0 Å². The Morgan fingerprint density at radius 1 is 1.33 bits per heavy atom. The van der Waals surface area contributed by atoms with E-state index in [2.05, 4.69) is 5.32 Å². The van der Waals surface area contributed by atoms with E-state index in [4.69, 9.17) is 22.7 Å². The Bertz CT molecular complexity index is 613. The van der Waals surface area contributed by atoms with Crippen molar-refractivity contribution in [2.24, 2.45) is 0 Å². The Hall–Kier alpha value is -1.32. The lowest BCUT2D eigenvalue weighted by molar-refractivity contribution is 0.0527. The van der Waals surface area contributed by atoms with Crippen molar-refractivity contribution in [3.8, 4) is 0 Å². The molecule has 0 aromatic carbocycles. The van der Waals surface area contributed by atoms with Crippen molar-refractivity contribution in [1.82, 2.24) is 10.2 Å². The lowest BCUT2D eigenvalue weighted by Gasteiger charge is -2.21. The maximum atomic E-state index is 12.2.